The summed E-state index contributed by atoms with van der Waals surface area (Å²) in [4.78, 5) is 64.4. The molecule has 0 aromatic rings. The molecule has 1 saturated carbocycles. The second kappa shape index (κ2) is 12.6. The van der Waals surface area contributed by atoms with Crippen LogP contribution in [-0.2, 0) is 47.7 Å². The van der Waals surface area contributed by atoms with E-state index in [2.05, 4.69) is 0 Å². The van der Waals surface area contributed by atoms with E-state index in [4.69, 9.17) is 23.7 Å². The zero-order valence-corrected chi connectivity index (χ0v) is 26.0. The van der Waals surface area contributed by atoms with Crippen molar-refractivity contribution in [2.75, 3.05) is 0 Å². The van der Waals surface area contributed by atoms with E-state index in [9.17, 15) is 29.1 Å². The lowest BCUT2D eigenvalue weighted by molar-refractivity contribution is -0.187. The Morgan fingerprint density at radius 1 is 1.10 bits per heavy atom. The average Bonchev–Trinajstić information content (AvgIpc) is 3.21. The molecule has 8 unspecified atom stereocenters. The van der Waals surface area contributed by atoms with Crippen LogP contribution >= 0.6 is 0 Å². The summed E-state index contributed by atoms with van der Waals surface area (Å²) in [5.41, 5.74) is -2.42. The van der Waals surface area contributed by atoms with Crippen molar-refractivity contribution in [3.8, 4) is 0 Å². The summed E-state index contributed by atoms with van der Waals surface area (Å²) in [5, 5.41) is 11.4. The number of allylic oxidation sites excluding steroid dienone is 1. The van der Waals surface area contributed by atoms with Gasteiger partial charge in [-0.3, -0.25) is 14.4 Å². The number of rotatable bonds is 9. The van der Waals surface area contributed by atoms with E-state index in [1.807, 2.05) is 20.8 Å². The lowest BCUT2D eigenvalue weighted by Gasteiger charge is -2.40. The Balaban J connectivity index is 2.27. The van der Waals surface area contributed by atoms with Gasteiger partial charge in [-0.2, -0.15) is 0 Å². The second-order valence-corrected chi connectivity index (χ2v) is 12.4. The standard InChI is InChI=1S/C31H44O11/c1-10-12-20(33)38-19-14-30(8,42-18(7)32)24-22(26-23(19)31(9,37)29(36)41-26)17(6)25(40-28(35)16(5)11-2)27(24)39-21(34)13-15(3)4/h11,15,19,23-27,37H,10,12-14H2,1-9H3/b16-11-. The van der Waals surface area contributed by atoms with E-state index >= 15 is 0 Å². The Hall–Kier alpha value is -3.21. The molecule has 234 valence electrons. The zero-order valence-electron chi connectivity index (χ0n) is 26.0. The van der Waals surface area contributed by atoms with Crippen molar-refractivity contribution in [1.82, 2.24) is 0 Å². The molecule has 1 N–H and O–H groups in total. The van der Waals surface area contributed by atoms with Crippen LogP contribution in [0.15, 0.2) is 22.8 Å². The van der Waals surface area contributed by atoms with Gasteiger partial charge in [-0.1, -0.05) is 26.8 Å². The van der Waals surface area contributed by atoms with Crippen LogP contribution in [-0.4, -0.2) is 70.6 Å². The SMILES string of the molecule is C/C=C(/C)C(=O)OC1C(C)=C2C3OC(=O)C(C)(O)C3C(OC(=O)CCC)CC(C)(OC(C)=O)C2C1OC(=O)CC(C)C. The van der Waals surface area contributed by atoms with Gasteiger partial charge in [0.25, 0.3) is 0 Å². The third-order valence-electron chi connectivity index (χ3n) is 8.38. The molecule has 1 saturated heterocycles. The highest BCUT2D eigenvalue weighted by Crippen LogP contribution is 2.56. The summed E-state index contributed by atoms with van der Waals surface area (Å²) in [6.45, 7) is 14.6. The number of aliphatic hydroxyl groups is 1. The lowest BCUT2D eigenvalue weighted by atomic mass is 9.79. The van der Waals surface area contributed by atoms with Crippen LogP contribution in [0, 0.1) is 17.8 Å². The second-order valence-electron chi connectivity index (χ2n) is 12.4. The molecule has 1 heterocycles. The zero-order chi connectivity index (χ0) is 31.7. The Morgan fingerprint density at radius 3 is 2.29 bits per heavy atom. The number of hydrogen-bond acceptors (Lipinski definition) is 11. The van der Waals surface area contributed by atoms with E-state index in [0.717, 1.165) is 0 Å². The molecular weight excluding hydrogens is 548 g/mol. The molecule has 2 aliphatic carbocycles. The molecule has 3 rings (SSSR count). The predicted octanol–water partition coefficient (Wildman–Crippen LogP) is 3.50. The number of fused-ring (bicyclic) bond motifs is 3. The van der Waals surface area contributed by atoms with Gasteiger partial charge < -0.3 is 28.8 Å². The Kier molecular flexibility index (Phi) is 9.96. The first-order valence-corrected chi connectivity index (χ1v) is 14.5. The summed E-state index contributed by atoms with van der Waals surface area (Å²) in [5.74, 6) is -5.40. The normalized spacial score (nSPS) is 34.3. The van der Waals surface area contributed by atoms with E-state index in [-0.39, 0.29) is 25.2 Å². The topological polar surface area (TPSA) is 152 Å². The van der Waals surface area contributed by atoms with Gasteiger partial charge in [-0.15, -0.1) is 0 Å². The fourth-order valence-corrected chi connectivity index (χ4v) is 6.42. The van der Waals surface area contributed by atoms with E-state index in [0.29, 0.717) is 23.1 Å². The third kappa shape index (κ3) is 6.40. The van der Waals surface area contributed by atoms with Crippen LogP contribution in [0.5, 0.6) is 0 Å². The molecule has 0 aromatic heterocycles. The molecule has 11 nitrogen and oxygen atoms in total. The highest BCUT2D eigenvalue weighted by Gasteiger charge is 2.68. The number of carbonyl (C=O) groups excluding carboxylic acids is 5. The third-order valence-corrected chi connectivity index (χ3v) is 8.38. The monoisotopic (exact) mass is 592 g/mol. The minimum absolute atomic E-state index is 0.0368. The summed E-state index contributed by atoms with van der Waals surface area (Å²) in [7, 11) is 0. The molecule has 3 aliphatic rings. The molecule has 42 heavy (non-hydrogen) atoms. The van der Waals surface area contributed by atoms with Crippen molar-refractivity contribution in [3.05, 3.63) is 22.8 Å². The van der Waals surface area contributed by atoms with Crippen molar-refractivity contribution in [2.24, 2.45) is 17.8 Å². The van der Waals surface area contributed by atoms with Crippen LogP contribution in [0.2, 0.25) is 0 Å². The molecule has 0 spiro atoms. The largest absolute Gasteiger partial charge is 0.462 e. The highest BCUT2D eigenvalue weighted by atomic mass is 16.6. The fraction of sp³-hybridized carbons (Fsp3) is 0.710. The van der Waals surface area contributed by atoms with E-state index < -0.39 is 77.3 Å². The van der Waals surface area contributed by atoms with Gasteiger partial charge in [0.15, 0.2) is 17.8 Å². The van der Waals surface area contributed by atoms with Crippen LogP contribution in [0.4, 0.5) is 0 Å². The van der Waals surface area contributed by atoms with Crippen molar-refractivity contribution in [1.29, 1.82) is 0 Å². The van der Waals surface area contributed by atoms with Gasteiger partial charge in [-0.25, -0.2) is 9.59 Å². The molecule has 0 radical (unpaired) electrons. The minimum atomic E-state index is -2.07. The van der Waals surface area contributed by atoms with Crippen molar-refractivity contribution < 1.29 is 52.8 Å². The van der Waals surface area contributed by atoms with Crippen molar-refractivity contribution >= 4 is 29.8 Å². The summed E-state index contributed by atoms with van der Waals surface area (Å²) in [6.07, 6.45) is -2.42. The fourth-order valence-electron chi connectivity index (χ4n) is 6.42. The maximum atomic E-state index is 13.1. The number of ether oxygens (including phenoxy) is 5. The van der Waals surface area contributed by atoms with Gasteiger partial charge in [0.05, 0.1) is 11.8 Å². The average molecular weight is 593 g/mol. The molecular formula is C31H44O11. The van der Waals surface area contributed by atoms with Crippen LogP contribution in [0.25, 0.3) is 0 Å². The van der Waals surface area contributed by atoms with Crippen molar-refractivity contribution in [3.63, 3.8) is 0 Å². The van der Waals surface area contributed by atoms with Gasteiger partial charge >= 0.3 is 29.8 Å². The molecule has 0 amide bonds. The van der Waals surface area contributed by atoms with E-state index in [1.165, 1.54) is 13.8 Å². The maximum absolute atomic E-state index is 13.1. The summed E-state index contributed by atoms with van der Waals surface area (Å²) < 4.78 is 29.5. The van der Waals surface area contributed by atoms with Gasteiger partial charge in [0, 0.05) is 31.8 Å². The first kappa shape index (κ1) is 33.3. The van der Waals surface area contributed by atoms with Crippen LogP contribution in [0.1, 0.15) is 88.0 Å². The molecule has 0 aromatic carbocycles. The van der Waals surface area contributed by atoms with Gasteiger partial charge in [0.1, 0.15) is 17.8 Å². The highest BCUT2D eigenvalue weighted by molar-refractivity contribution is 5.88. The maximum Gasteiger partial charge on any atom is 0.339 e. The van der Waals surface area contributed by atoms with E-state index in [1.54, 1.807) is 33.8 Å². The molecule has 1 aliphatic heterocycles. The van der Waals surface area contributed by atoms with Gasteiger partial charge in [-0.05, 0) is 58.1 Å². The Labute approximate surface area is 246 Å². The first-order chi connectivity index (χ1) is 19.5. The summed E-state index contributed by atoms with van der Waals surface area (Å²) in [6, 6.07) is 0. The van der Waals surface area contributed by atoms with Crippen LogP contribution in [0.3, 0.4) is 0 Å². The predicted molar refractivity (Wildman–Crippen MR) is 148 cm³/mol. The molecule has 2 fully saturated rings. The molecule has 0 bridgehead atoms. The van der Waals surface area contributed by atoms with Gasteiger partial charge in [0.2, 0.25) is 0 Å². The molecule has 11 heteroatoms. The van der Waals surface area contributed by atoms with Crippen LogP contribution < -0.4 is 0 Å². The lowest BCUT2D eigenvalue weighted by Crippen LogP contribution is -2.51. The summed E-state index contributed by atoms with van der Waals surface area (Å²) >= 11 is 0. The number of hydrogen-bond donors (Lipinski definition) is 1. The molecule has 8 atom stereocenters. The number of esters is 5. The van der Waals surface area contributed by atoms with Crippen molar-refractivity contribution in [2.45, 2.75) is 124 Å². The Bertz CT molecular complexity index is 1180. The Morgan fingerprint density at radius 2 is 1.74 bits per heavy atom. The minimum Gasteiger partial charge on any atom is -0.462 e. The smallest absolute Gasteiger partial charge is 0.339 e. The first-order valence-electron chi connectivity index (χ1n) is 14.5. The quantitative estimate of drug-likeness (QED) is 0.181. The number of carbonyl (C=O) groups is 5.